The highest BCUT2D eigenvalue weighted by molar-refractivity contribution is 7.10. The highest BCUT2D eigenvalue weighted by Crippen LogP contribution is 2.26. The average Bonchev–Trinajstić information content (AvgIpc) is 2.69. The lowest BCUT2D eigenvalue weighted by Gasteiger charge is -2.23. The number of rotatable bonds is 7. The molecular formula is C12H19NO2S. The van der Waals surface area contributed by atoms with Gasteiger partial charge in [-0.3, -0.25) is 4.79 Å². The molecule has 0 saturated heterocycles. The smallest absolute Gasteiger partial charge is 0.303 e. The summed E-state index contributed by atoms with van der Waals surface area (Å²) in [6, 6.07) is 4.20. The van der Waals surface area contributed by atoms with Gasteiger partial charge in [-0.1, -0.05) is 19.9 Å². The zero-order valence-electron chi connectivity index (χ0n) is 9.82. The van der Waals surface area contributed by atoms with E-state index in [2.05, 4.69) is 36.7 Å². The fourth-order valence-corrected chi connectivity index (χ4v) is 2.37. The van der Waals surface area contributed by atoms with Crippen molar-refractivity contribution < 1.29 is 9.90 Å². The van der Waals surface area contributed by atoms with Gasteiger partial charge in [-0.2, -0.15) is 0 Å². The molecule has 0 spiro atoms. The first kappa shape index (κ1) is 13.2. The van der Waals surface area contributed by atoms with Crippen LogP contribution in [-0.2, 0) is 10.2 Å². The Balaban J connectivity index is 2.24. The van der Waals surface area contributed by atoms with Crippen molar-refractivity contribution in [1.29, 1.82) is 0 Å². The molecule has 16 heavy (non-hydrogen) atoms. The zero-order valence-corrected chi connectivity index (χ0v) is 10.6. The second-order valence-electron chi connectivity index (χ2n) is 4.54. The minimum absolute atomic E-state index is 0.122. The molecule has 0 aliphatic rings. The number of carboxylic acids is 1. The fraction of sp³-hybridized carbons (Fsp3) is 0.583. The molecule has 1 heterocycles. The van der Waals surface area contributed by atoms with Crippen LogP contribution in [-0.4, -0.2) is 24.2 Å². The van der Waals surface area contributed by atoms with Gasteiger partial charge in [0, 0.05) is 23.3 Å². The van der Waals surface area contributed by atoms with Gasteiger partial charge in [0.2, 0.25) is 0 Å². The summed E-state index contributed by atoms with van der Waals surface area (Å²) in [6.45, 7) is 6.04. The summed E-state index contributed by atoms with van der Waals surface area (Å²) in [6.07, 6.45) is 0.933. The molecule has 1 rings (SSSR count). The maximum Gasteiger partial charge on any atom is 0.303 e. The molecule has 0 bridgehead atoms. The van der Waals surface area contributed by atoms with E-state index in [1.54, 1.807) is 11.3 Å². The number of hydrogen-bond acceptors (Lipinski definition) is 3. The molecule has 0 unspecified atom stereocenters. The molecule has 0 saturated carbocycles. The van der Waals surface area contributed by atoms with Crippen LogP contribution in [0.4, 0.5) is 0 Å². The van der Waals surface area contributed by atoms with Gasteiger partial charge in [0.15, 0.2) is 0 Å². The molecule has 3 nitrogen and oxygen atoms in total. The number of carbonyl (C=O) groups is 1. The largest absolute Gasteiger partial charge is 0.481 e. The Labute approximate surface area is 100 Å². The first-order chi connectivity index (χ1) is 7.52. The van der Waals surface area contributed by atoms with Crippen LogP contribution >= 0.6 is 11.3 Å². The van der Waals surface area contributed by atoms with Gasteiger partial charge in [-0.15, -0.1) is 11.3 Å². The van der Waals surface area contributed by atoms with E-state index in [0.717, 1.165) is 13.1 Å². The van der Waals surface area contributed by atoms with Crippen molar-refractivity contribution in [2.45, 2.75) is 32.1 Å². The van der Waals surface area contributed by atoms with E-state index in [-0.39, 0.29) is 11.8 Å². The Morgan fingerprint density at radius 1 is 1.56 bits per heavy atom. The van der Waals surface area contributed by atoms with Crippen molar-refractivity contribution in [3.63, 3.8) is 0 Å². The Morgan fingerprint density at radius 3 is 2.88 bits per heavy atom. The van der Waals surface area contributed by atoms with E-state index < -0.39 is 5.97 Å². The Hall–Kier alpha value is -0.870. The third kappa shape index (κ3) is 4.33. The molecule has 1 aromatic heterocycles. The third-order valence-corrected chi connectivity index (χ3v) is 3.74. The number of carboxylic acid groups (broad SMARTS) is 1. The zero-order chi connectivity index (χ0) is 12.0. The van der Waals surface area contributed by atoms with Crippen LogP contribution in [0.5, 0.6) is 0 Å². The number of hydrogen-bond donors (Lipinski definition) is 2. The Bertz CT molecular complexity index is 320. The van der Waals surface area contributed by atoms with Crippen molar-refractivity contribution >= 4 is 17.3 Å². The van der Waals surface area contributed by atoms with E-state index in [9.17, 15) is 4.79 Å². The van der Waals surface area contributed by atoms with Crippen LogP contribution in [0.2, 0.25) is 0 Å². The Kier molecular flexibility index (Phi) is 4.96. The fourth-order valence-electron chi connectivity index (χ4n) is 1.52. The Morgan fingerprint density at radius 2 is 2.31 bits per heavy atom. The van der Waals surface area contributed by atoms with Gasteiger partial charge in [0.1, 0.15) is 0 Å². The molecule has 0 aromatic carbocycles. The van der Waals surface area contributed by atoms with Crippen LogP contribution < -0.4 is 5.32 Å². The van der Waals surface area contributed by atoms with Gasteiger partial charge in [0.05, 0.1) is 0 Å². The highest BCUT2D eigenvalue weighted by atomic mass is 32.1. The van der Waals surface area contributed by atoms with Crippen molar-refractivity contribution in [3.8, 4) is 0 Å². The van der Waals surface area contributed by atoms with Crippen molar-refractivity contribution in [2.24, 2.45) is 0 Å². The summed E-state index contributed by atoms with van der Waals surface area (Å²) in [5, 5.41) is 13.9. The van der Waals surface area contributed by atoms with Crippen LogP contribution in [0.15, 0.2) is 17.5 Å². The van der Waals surface area contributed by atoms with E-state index in [0.29, 0.717) is 6.42 Å². The SMILES string of the molecule is CC(C)(CNCCCC(=O)O)c1cccs1. The number of nitrogens with one attached hydrogen (secondary N) is 1. The lowest BCUT2D eigenvalue weighted by molar-refractivity contribution is -0.137. The lowest BCUT2D eigenvalue weighted by atomic mass is 9.91. The third-order valence-electron chi connectivity index (χ3n) is 2.50. The van der Waals surface area contributed by atoms with Crippen molar-refractivity contribution in [1.82, 2.24) is 5.32 Å². The van der Waals surface area contributed by atoms with E-state index >= 15 is 0 Å². The van der Waals surface area contributed by atoms with Crippen LogP contribution in [0, 0.1) is 0 Å². The standard InChI is InChI=1S/C12H19NO2S/c1-12(2,10-5-4-8-16-10)9-13-7-3-6-11(14)15/h4-5,8,13H,3,6-7,9H2,1-2H3,(H,14,15). The normalized spacial score (nSPS) is 11.6. The van der Waals surface area contributed by atoms with Crippen molar-refractivity contribution in [3.05, 3.63) is 22.4 Å². The summed E-state index contributed by atoms with van der Waals surface area (Å²) in [4.78, 5) is 11.7. The van der Waals surface area contributed by atoms with E-state index in [4.69, 9.17) is 5.11 Å². The minimum Gasteiger partial charge on any atom is -0.481 e. The van der Waals surface area contributed by atoms with E-state index in [1.165, 1.54) is 4.88 Å². The summed E-state index contributed by atoms with van der Waals surface area (Å²) in [7, 11) is 0. The first-order valence-corrected chi connectivity index (χ1v) is 6.37. The van der Waals surface area contributed by atoms with Crippen LogP contribution in [0.25, 0.3) is 0 Å². The highest BCUT2D eigenvalue weighted by Gasteiger charge is 2.20. The van der Waals surface area contributed by atoms with Crippen LogP contribution in [0.1, 0.15) is 31.6 Å². The number of aliphatic carboxylic acids is 1. The molecule has 0 amide bonds. The van der Waals surface area contributed by atoms with Gasteiger partial charge >= 0.3 is 5.97 Å². The quantitative estimate of drug-likeness (QED) is 0.721. The van der Waals surface area contributed by atoms with Crippen LogP contribution in [0.3, 0.4) is 0 Å². The topological polar surface area (TPSA) is 49.3 Å². The molecule has 1 aromatic rings. The second kappa shape index (κ2) is 6.01. The van der Waals surface area contributed by atoms with Gasteiger partial charge in [-0.05, 0) is 24.4 Å². The maximum absolute atomic E-state index is 10.3. The number of thiophene rings is 1. The summed E-state index contributed by atoms with van der Waals surface area (Å²) in [5.41, 5.74) is 0.122. The molecule has 0 radical (unpaired) electrons. The van der Waals surface area contributed by atoms with Gasteiger partial charge in [-0.25, -0.2) is 0 Å². The van der Waals surface area contributed by atoms with Crippen molar-refractivity contribution in [2.75, 3.05) is 13.1 Å². The molecule has 0 aliphatic carbocycles. The monoisotopic (exact) mass is 241 g/mol. The predicted molar refractivity (Wildman–Crippen MR) is 67.1 cm³/mol. The maximum atomic E-state index is 10.3. The predicted octanol–water partition coefficient (Wildman–Crippen LogP) is 2.48. The second-order valence-corrected chi connectivity index (χ2v) is 5.48. The molecule has 0 fully saturated rings. The molecular weight excluding hydrogens is 222 g/mol. The lowest BCUT2D eigenvalue weighted by Crippen LogP contribution is -2.32. The first-order valence-electron chi connectivity index (χ1n) is 5.49. The van der Waals surface area contributed by atoms with E-state index in [1.807, 2.05) is 0 Å². The van der Waals surface area contributed by atoms with Gasteiger partial charge in [0.25, 0.3) is 0 Å². The molecule has 90 valence electrons. The summed E-state index contributed by atoms with van der Waals surface area (Å²) >= 11 is 1.76. The molecule has 2 N–H and O–H groups in total. The molecule has 4 heteroatoms. The minimum atomic E-state index is -0.723. The van der Waals surface area contributed by atoms with Gasteiger partial charge < -0.3 is 10.4 Å². The molecule has 0 aliphatic heterocycles. The molecule has 0 atom stereocenters. The summed E-state index contributed by atoms with van der Waals surface area (Å²) in [5.74, 6) is -0.723. The summed E-state index contributed by atoms with van der Waals surface area (Å²) < 4.78 is 0. The average molecular weight is 241 g/mol.